The molecule has 0 unspecified atom stereocenters. The number of hydrogen-bond acceptors (Lipinski definition) is 6. The van der Waals surface area contributed by atoms with Crippen LogP contribution in [0.3, 0.4) is 0 Å². The molecular formula is C18H19N3O3. The van der Waals surface area contributed by atoms with Crippen molar-refractivity contribution in [1.82, 2.24) is 5.32 Å². The largest absolute Gasteiger partial charge is 0.405 e. The lowest BCUT2D eigenvalue weighted by atomic mass is 10.0. The first kappa shape index (κ1) is 16.0. The van der Waals surface area contributed by atoms with E-state index in [0.29, 0.717) is 30.1 Å². The summed E-state index contributed by atoms with van der Waals surface area (Å²) in [5, 5.41) is 6.04. The van der Waals surface area contributed by atoms with Gasteiger partial charge in [0.15, 0.2) is 5.78 Å². The molecule has 2 aromatic rings. The van der Waals surface area contributed by atoms with Crippen molar-refractivity contribution < 1.29 is 9.21 Å². The molecule has 0 bridgehead atoms. The normalized spacial score (nSPS) is 13.8. The number of nitrogens with one attached hydrogen (secondary N) is 2. The maximum absolute atomic E-state index is 12.8. The van der Waals surface area contributed by atoms with E-state index in [2.05, 4.69) is 15.6 Å². The summed E-state index contributed by atoms with van der Waals surface area (Å²) >= 11 is 0. The van der Waals surface area contributed by atoms with Gasteiger partial charge in [0.25, 0.3) is 0 Å². The number of aliphatic imine (C=N–C) groups is 1. The summed E-state index contributed by atoms with van der Waals surface area (Å²) in [6.07, 6.45) is 0.917. The van der Waals surface area contributed by atoms with Gasteiger partial charge in [-0.25, -0.2) is 4.79 Å². The molecule has 0 amide bonds. The van der Waals surface area contributed by atoms with Gasteiger partial charge in [0.05, 0.1) is 5.56 Å². The maximum Gasteiger partial charge on any atom is 0.348 e. The van der Waals surface area contributed by atoms with Crippen molar-refractivity contribution in [3.63, 3.8) is 0 Å². The third kappa shape index (κ3) is 3.22. The number of amidine groups is 1. The van der Waals surface area contributed by atoms with E-state index in [1.165, 1.54) is 0 Å². The summed E-state index contributed by atoms with van der Waals surface area (Å²) < 4.78 is 5.37. The minimum atomic E-state index is -0.510. The lowest BCUT2D eigenvalue weighted by Gasteiger charge is -2.15. The highest BCUT2D eigenvalue weighted by Gasteiger charge is 2.21. The number of anilines is 1. The van der Waals surface area contributed by atoms with E-state index in [1.807, 2.05) is 13.0 Å². The molecule has 24 heavy (non-hydrogen) atoms. The van der Waals surface area contributed by atoms with E-state index < -0.39 is 5.63 Å². The molecule has 2 N–H and O–H groups in total. The SMILES string of the molecule is CCNc1oc(=O)c(C2=NCCCN2)cc1C(=O)c1ccccc1. The van der Waals surface area contributed by atoms with Crippen molar-refractivity contribution in [3.05, 3.63) is 63.5 Å². The van der Waals surface area contributed by atoms with E-state index in [-0.39, 0.29) is 17.2 Å². The molecule has 0 radical (unpaired) electrons. The van der Waals surface area contributed by atoms with Crippen LogP contribution in [-0.2, 0) is 0 Å². The van der Waals surface area contributed by atoms with Crippen molar-refractivity contribution in [2.75, 3.05) is 25.0 Å². The van der Waals surface area contributed by atoms with Crippen LogP contribution < -0.4 is 16.3 Å². The Morgan fingerprint density at radius 3 is 2.79 bits per heavy atom. The topological polar surface area (TPSA) is 83.7 Å². The molecule has 0 aliphatic carbocycles. The summed E-state index contributed by atoms with van der Waals surface area (Å²) in [6.45, 7) is 3.81. The molecule has 1 aliphatic heterocycles. The summed E-state index contributed by atoms with van der Waals surface area (Å²) in [5.41, 5.74) is 0.641. The smallest absolute Gasteiger partial charge is 0.348 e. The van der Waals surface area contributed by atoms with Gasteiger partial charge < -0.3 is 15.1 Å². The predicted molar refractivity (Wildman–Crippen MR) is 93.0 cm³/mol. The second-order valence-electron chi connectivity index (χ2n) is 5.43. The monoisotopic (exact) mass is 325 g/mol. The fraction of sp³-hybridized carbons (Fsp3) is 0.278. The zero-order valence-corrected chi connectivity index (χ0v) is 13.5. The number of hydrogen-bond donors (Lipinski definition) is 2. The lowest BCUT2D eigenvalue weighted by Crippen LogP contribution is -2.34. The first-order valence-corrected chi connectivity index (χ1v) is 8.01. The molecule has 1 aromatic carbocycles. The number of carbonyl (C=O) groups excluding carboxylic acids is 1. The number of benzene rings is 1. The third-order valence-corrected chi connectivity index (χ3v) is 3.72. The van der Waals surface area contributed by atoms with Crippen LogP contribution in [0.1, 0.15) is 34.8 Å². The Morgan fingerprint density at radius 2 is 2.12 bits per heavy atom. The van der Waals surface area contributed by atoms with Crippen molar-refractivity contribution >= 4 is 17.5 Å². The minimum absolute atomic E-state index is 0.191. The van der Waals surface area contributed by atoms with Gasteiger partial charge in [-0.15, -0.1) is 0 Å². The minimum Gasteiger partial charge on any atom is -0.405 e. The summed E-state index contributed by atoms with van der Waals surface area (Å²) in [4.78, 5) is 29.4. The average molecular weight is 325 g/mol. The zero-order chi connectivity index (χ0) is 16.9. The van der Waals surface area contributed by atoms with Crippen molar-refractivity contribution in [2.45, 2.75) is 13.3 Å². The van der Waals surface area contributed by atoms with Gasteiger partial charge in [-0.3, -0.25) is 9.79 Å². The van der Waals surface area contributed by atoms with Crippen LogP contribution >= 0.6 is 0 Å². The van der Waals surface area contributed by atoms with E-state index in [1.54, 1.807) is 30.3 Å². The summed E-state index contributed by atoms with van der Waals surface area (Å²) in [7, 11) is 0. The molecule has 0 atom stereocenters. The fourth-order valence-electron chi connectivity index (χ4n) is 2.56. The van der Waals surface area contributed by atoms with Gasteiger partial charge >= 0.3 is 5.63 Å². The molecule has 0 saturated carbocycles. The molecule has 6 nitrogen and oxygen atoms in total. The quantitative estimate of drug-likeness (QED) is 0.822. The van der Waals surface area contributed by atoms with Crippen LogP contribution in [0.15, 0.2) is 50.6 Å². The zero-order valence-electron chi connectivity index (χ0n) is 13.5. The molecule has 0 spiro atoms. The Bertz CT molecular complexity index is 825. The number of rotatable bonds is 5. The lowest BCUT2D eigenvalue weighted by molar-refractivity contribution is 0.103. The van der Waals surface area contributed by atoms with Gasteiger partial charge in [-0.2, -0.15) is 0 Å². The Morgan fingerprint density at radius 1 is 1.33 bits per heavy atom. The maximum atomic E-state index is 12.8. The van der Waals surface area contributed by atoms with Crippen molar-refractivity contribution in [1.29, 1.82) is 0 Å². The molecule has 124 valence electrons. The highest BCUT2D eigenvalue weighted by molar-refractivity contribution is 6.13. The number of ketones is 1. The molecule has 6 heteroatoms. The average Bonchev–Trinajstić information content (AvgIpc) is 2.63. The molecule has 2 heterocycles. The number of carbonyl (C=O) groups is 1. The highest BCUT2D eigenvalue weighted by atomic mass is 16.4. The van der Waals surface area contributed by atoms with Gasteiger partial charge in [-0.05, 0) is 19.4 Å². The second kappa shape index (κ2) is 7.12. The van der Waals surface area contributed by atoms with Crippen LogP contribution in [-0.4, -0.2) is 31.3 Å². The van der Waals surface area contributed by atoms with Crippen LogP contribution in [0.5, 0.6) is 0 Å². The molecular weight excluding hydrogens is 306 g/mol. The van der Waals surface area contributed by atoms with Crippen molar-refractivity contribution in [3.8, 4) is 0 Å². The van der Waals surface area contributed by atoms with Gasteiger partial charge in [0.2, 0.25) is 5.88 Å². The molecule has 3 rings (SSSR count). The molecule has 0 fully saturated rings. The first-order chi connectivity index (χ1) is 11.7. The third-order valence-electron chi connectivity index (χ3n) is 3.72. The van der Waals surface area contributed by atoms with Crippen LogP contribution in [0.25, 0.3) is 0 Å². The summed E-state index contributed by atoms with van der Waals surface area (Å²) in [5.74, 6) is 0.477. The highest BCUT2D eigenvalue weighted by Crippen LogP contribution is 2.19. The Balaban J connectivity index is 2.10. The Labute approximate surface area is 139 Å². The van der Waals surface area contributed by atoms with E-state index >= 15 is 0 Å². The Kier molecular flexibility index (Phi) is 4.74. The van der Waals surface area contributed by atoms with Crippen LogP contribution in [0.2, 0.25) is 0 Å². The first-order valence-electron chi connectivity index (χ1n) is 8.01. The van der Waals surface area contributed by atoms with E-state index in [0.717, 1.165) is 13.0 Å². The van der Waals surface area contributed by atoms with Gasteiger partial charge in [-0.1, -0.05) is 30.3 Å². The van der Waals surface area contributed by atoms with Crippen LogP contribution in [0.4, 0.5) is 5.88 Å². The van der Waals surface area contributed by atoms with Gasteiger partial charge in [0.1, 0.15) is 11.4 Å². The van der Waals surface area contributed by atoms with E-state index in [4.69, 9.17) is 4.42 Å². The van der Waals surface area contributed by atoms with Crippen LogP contribution in [0, 0.1) is 0 Å². The molecule has 1 aromatic heterocycles. The van der Waals surface area contributed by atoms with E-state index in [9.17, 15) is 9.59 Å². The summed E-state index contributed by atoms with van der Waals surface area (Å²) in [6, 6.07) is 10.5. The fourth-order valence-corrected chi connectivity index (χ4v) is 2.56. The Hall–Kier alpha value is -2.89. The standard InChI is InChI=1S/C18H19N3O3/c1-2-19-17-13(15(22)12-7-4-3-5-8-12)11-14(18(23)24-17)16-20-9-6-10-21-16/h3-5,7-8,11,19H,2,6,9-10H2,1H3,(H,20,21). The van der Waals surface area contributed by atoms with Crippen molar-refractivity contribution in [2.24, 2.45) is 4.99 Å². The predicted octanol–water partition coefficient (Wildman–Crippen LogP) is 2.04. The second-order valence-corrected chi connectivity index (χ2v) is 5.43. The number of nitrogens with zero attached hydrogens (tertiary/aromatic N) is 1. The van der Waals surface area contributed by atoms with Gasteiger partial charge in [0, 0.05) is 25.2 Å². The molecule has 0 saturated heterocycles. The molecule has 1 aliphatic rings.